The average molecular weight is 457 g/mol. The van der Waals surface area contributed by atoms with E-state index in [2.05, 4.69) is 27.3 Å². The molecule has 32 heavy (non-hydrogen) atoms. The first-order valence-corrected chi connectivity index (χ1v) is 10.8. The van der Waals surface area contributed by atoms with E-state index in [0.717, 1.165) is 37.1 Å². The number of rotatable bonds is 7. The number of benzene rings is 1. The summed E-state index contributed by atoms with van der Waals surface area (Å²) in [5, 5.41) is 7.41. The van der Waals surface area contributed by atoms with Gasteiger partial charge >= 0.3 is 0 Å². The number of nitrogen functional groups attached to an aromatic ring is 1. The molecule has 2 aromatic heterocycles. The Kier molecular flexibility index (Phi) is 6.57. The van der Waals surface area contributed by atoms with Crippen LogP contribution in [-0.4, -0.2) is 51.5 Å². The molecule has 1 aliphatic rings. The monoisotopic (exact) mass is 456 g/mol. The summed E-state index contributed by atoms with van der Waals surface area (Å²) in [5.74, 6) is 0.154. The predicted octanol–water partition coefficient (Wildman–Crippen LogP) is 3.33. The number of ketones is 1. The summed E-state index contributed by atoms with van der Waals surface area (Å²) in [7, 11) is 2.11. The van der Waals surface area contributed by atoms with Crippen molar-refractivity contribution in [3.8, 4) is 11.1 Å². The van der Waals surface area contributed by atoms with Crippen LogP contribution in [0.15, 0.2) is 41.3 Å². The largest absolute Gasteiger partial charge is 0.431 e. The average Bonchev–Trinajstić information content (AvgIpc) is 3.40. The number of likely N-dealkylation sites (tertiary alicyclic amines) is 1. The van der Waals surface area contributed by atoms with Crippen LogP contribution in [0.25, 0.3) is 11.1 Å². The van der Waals surface area contributed by atoms with E-state index >= 15 is 0 Å². The van der Waals surface area contributed by atoms with Crippen molar-refractivity contribution in [1.82, 2.24) is 19.7 Å². The Bertz CT molecular complexity index is 1120. The lowest BCUT2D eigenvalue weighted by Crippen LogP contribution is -2.31. The van der Waals surface area contributed by atoms with Gasteiger partial charge in [0, 0.05) is 18.2 Å². The van der Waals surface area contributed by atoms with Gasteiger partial charge in [0.2, 0.25) is 0 Å². The van der Waals surface area contributed by atoms with Gasteiger partial charge in [-0.2, -0.15) is 10.1 Å². The number of Topliss-reactive ketones (excluding diaryl/α,β-unsaturated/α-hetero) is 1. The van der Waals surface area contributed by atoms with Crippen LogP contribution < -0.4 is 11.1 Å². The number of halogens is 1. The van der Waals surface area contributed by atoms with Gasteiger partial charge in [0.15, 0.2) is 11.5 Å². The highest BCUT2D eigenvalue weighted by Gasteiger charge is 2.20. The van der Waals surface area contributed by atoms with E-state index in [1.807, 2.05) is 12.3 Å². The van der Waals surface area contributed by atoms with Crippen molar-refractivity contribution < 1.29 is 14.0 Å². The van der Waals surface area contributed by atoms with Gasteiger partial charge in [0.25, 0.3) is 11.9 Å². The number of carbonyl (C=O) groups excluding carboxylic acids is 2. The Labute approximate surface area is 190 Å². The van der Waals surface area contributed by atoms with E-state index in [1.54, 1.807) is 23.0 Å². The lowest BCUT2D eigenvalue weighted by atomic mass is 9.92. The first kappa shape index (κ1) is 22.0. The molecule has 9 nitrogen and oxygen atoms in total. The molecular formula is C22H25ClN6O3. The Balaban J connectivity index is 1.40. The van der Waals surface area contributed by atoms with Crippen molar-refractivity contribution in [2.24, 2.45) is 5.92 Å². The summed E-state index contributed by atoms with van der Waals surface area (Å²) < 4.78 is 6.52. The highest BCUT2D eigenvalue weighted by Crippen LogP contribution is 2.29. The Morgan fingerprint density at radius 3 is 2.78 bits per heavy atom. The maximum Gasteiger partial charge on any atom is 0.292 e. The molecule has 0 spiro atoms. The van der Waals surface area contributed by atoms with Gasteiger partial charge in [-0.3, -0.25) is 14.3 Å². The Hall–Kier alpha value is -3.17. The van der Waals surface area contributed by atoms with Crippen molar-refractivity contribution in [3.05, 3.63) is 47.6 Å². The zero-order valence-corrected chi connectivity index (χ0v) is 18.5. The van der Waals surface area contributed by atoms with E-state index in [1.165, 1.54) is 6.26 Å². The number of hydrogen-bond acceptors (Lipinski definition) is 7. The molecular weight excluding hydrogens is 432 g/mol. The summed E-state index contributed by atoms with van der Waals surface area (Å²) in [6, 6.07) is 5.17. The fourth-order valence-electron chi connectivity index (χ4n) is 3.81. The lowest BCUT2D eigenvalue weighted by Gasteiger charge is -2.28. The maximum absolute atomic E-state index is 12.5. The Morgan fingerprint density at radius 1 is 1.28 bits per heavy atom. The third-order valence-electron chi connectivity index (χ3n) is 5.63. The van der Waals surface area contributed by atoms with Crippen molar-refractivity contribution >= 4 is 35.0 Å². The van der Waals surface area contributed by atoms with Crippen LogP contribution in [0.2, 0.25) is 5.02 Å². The number of aromatic nitrogens is 3. The molecule has 3 aromatic rings. The molecule has 168 valence electrons. The van der Waals surface area contributed by atoms with Gasteiger partial charge in [-0.15, -0.1) is 0 Å². The molecule has 0 aliphatic carbocycles. The fourth-order valence-corrected chi connectivity index (χ4v) is 3.98. The fraction of sp³-hybridized carbons (Fsp3) is 0.364. The minimum absolute atomic E-state index is 0.0555. The minimum atomic E-state index is -0.486. The van der Waals surface area contributed by atoms with Crippen molar-refractivity contribution in [2.75, 3.05) is 31.2 Å². The maximum atomic E-state index is 12.5. The van der Waals surface area contributed by atoms with Crippen LogP contribution in [0.1, 0.15) is 29.8 Å². The summed E-state index contributed by atoms with van der Waals surface area (Å²) in [6.45, 7) is 2.34. The molecule has 1 aromatic carbocycles. The quantitative estimate of drug-likeness (QED) is 0.559. The van der Waals surface area contributed by atoms with Crippen molar-refractivity contribution in [3.63, 3.8) is 0 Å². The van der Waals surface area contributed by atoms with E-state index in [-0.39, 0.29) is 24.0 Å². The second-order valence-electron chi connectivity index (χ2n) is 8.14. The van der Waals surface area contributed by atoms with Crippen LogP contribution in [-0.2, 0) is 11.3 Å². The van der Waals surface area contributed by atoms with Gasteiger partial charge in [0.1, 0.15) is 6.26 Å². The van der Waals surface area contributed by atoms with Crippen molar-refractivity contribution in [2.45, 2.75) is 25.8 Å². The van der Waals surface area contributed by atoms with Crippen LogP contribution in [0.3, 0.4) is 0 Å². The molecule has 10 heteroatoms. The minimum Gasteiger partial charge on any atom is -0.431 e. The molecule has 1 amide bonds. The number of nitrogens with zero attached hydrogens (tertiary/aromatic N) is 4. The van der Waals surface area contributed by atoms with Crippen molar-refractivity contribution in [1.29, 1.82) is 0 Å². The molecule has 0 bridgehead atoms. The molecule has 0 radical (unpaired) electrons. The molecule has 1 aliphatic heterocycles. The van der Waals surface area contributed by atoms with Gasteiger partial charge in [-0.05, 0) is 56.6 Å². The highest BCUT2D eigenvalue weighted by atomic mass is 35.5. The standard InChI is InChI=1S/C22H25ClN6O3/c1-28-6-4-14(5-7-28)8-17(30)12-29-11-16(10-25-29)15-2-3-18(23)19(9-15)26-21(31)20-13-32-22(24)27-20/h2-3,9-11,13-14H,4-8,12H2,1H3,(H2,24,27)(H,26,31). The number of nitrogens with one attached hydrogen (secondary N) is 1. The topological polar surface area (TPSA) is 119 Å². The van der Waals surface area contributed by atoms with E-state index < -0.39 is 5.91 Å². The molecule has 1 saturated heterocycles. The predicted molar refractivity (Wildman–Crippen MR) is 121 cm³/mol. The number of amides is 1. The summed E-state index contributed by atoms with van der Waals surface area (Å²) in [4.78, 5) is 30.9. The number of piperidine rings is 1. The van der Waals surface area contributed by atoms with Crippen LogP contribution in [0, 0.1) is 5.92 Å². The van der Waals surface area contributed by atoms with E-state index in [0.29, 0.717) is 23.0 Å². The first-order valence-electron chi connectivity index (χ1n) is 10.4. The number of nitrogens with two attached hydrogens (primary N) is 1. The van der Waals surface area contributed by atoms with E-state index in [9.17, 15) is 9.59 Å². The number of carbonyl (C=O) groups is 2. The summed E-state index contributed by atoms with van der Waals surface area (Å²) in [5.41, 5.74) is 7.51. The molecule has 4 rings (SSSR count). The summed E-state index contributed by atoms with van der Waals surface area (Å²) >= 11 is 6.24. The third-order valence-corrected chi connectivity index (χ3v) is 5.96. The molecule has 0 atom stereocenters. The number of anilines is 2. The second kappa shape index (κ2) is 9.54. The van der Waals surface area contributed by atoms with Crippen LogP contribution >= 0.6 is 11.6 Å². The molecule has 0 unspecified atom stereocenters. The van der Waals surface area contributed by atoms with Crippen LogP contribution in [0.5, 0.6) is 0 Å². The number of hydrogen-bond donors (Lipinski definition) is 2. The van der Waals surface area contributed by atoms with Gasteiger partial charge < -0.3 is 20.4 Å². The normalized spacial score (nSPS) is 15.1. The summed E-state index contributed by atoms with van der Waals surface area (Å²) in [6.07, 6.45) is 7.40. The Morgan fingerprint density at radius 2 is 2.06 bits per heavy atom. The highest BCUT2D eigenvalue weighted by molar-refractivity contribution is 6.34. The van der Waals surface area contributed by atoms with Crippen LogP contribution in [0.4, 0.5) is 11.7 Å². The zero-order valence-electron chi connectivity index (χ0n) is 17.8. The van der Waals surface area contributed by atoms with E-state index in [4.69, 9.17) is 21.8 Å². The van der Waals surface area contributed by atoms with Gasteiger partial charge in [-0.1, -0.05) is 17.7 Å². The molecule has 3 N–H and O–H groups in total. The second-order valence-corrected chi connectivity index (χ2v) is 8.54. The van der Waals surface area contributed by atoms with Gasteiger partial charge in [-0.25, -0.2) is 0 Å². The zero-order chi connectivity index (χ0) is 22.7. The SMILES string of the molecule is CN1CCC(CC(=O)Cn2cc(-c3ccc(Cl)c(NC(=O)c4coc(N)n4)c3)cn2)CC1. The molecule has 0 saturated carbocycles. The smallest absolute Gasteiger partial charge is 0.292 e. The lowest BCUT2D eigenvalue weighted by molar-refractivity contribution is -0.121. The molecule has 3 heterocycles. The van der Waals surface area contributed by atoms with Gasteiger partial charge in [0.05, 0.1) is 23.5 Å². The number of oxazole rings is 1. The first-order chi connectivity index (χ1) is 15.4. The third kappa shape index (κ3) is 5.35. The molecule has 1 fully saturated rings.